The van der Waals surface area contributed by atoms with Gasteiger partial charge >= 0.3 is 0 Å². The first-order chi connectivity index (χ1) is 12.4. The smallest absolute Gasteiger partial charge is 0.279 e. The molecule has 0 unspecified atom stereocenters. The lowest BCUT2D eigenvalue weighted by atomic mass is 10.3. The van der Waals surface area contributed by atoms with Crippen LogP contribution >= 0.6 is 23.6 Å². The summed E-state index contributed by atoms with van der Waals surface area (Å²) in [7, 11) is 3.54. The Morgan fingerprint density at radius 3 is 2.62 bits per heavy atom. The number of carbonyl (C=O) groups is 1. The minimum atomic E-state index is -0.195. The molecule has 1 fully saturated rings. The molecular formula is C18H20N4O2S2. The summed E-state index contributed by atoms with van der Waals surface area (Å²) in [6.45, 7) is 6.56. The highest BCUT2D eigenvalue weighted by Gasteiger charge is 2.36. The largest absolute Gasteiger partial charge is 0.350 e. The number of aromatic nitrogens is 1. The molecule has 2 aliphatic rings. The summed E-state index contributed by atoms with van der Waals surface area (Å²) in [5.41, 5.74) is 1.12. The van der Waals surface area contributed by atoms with Crippen molar-refractivity contribution in [1.29, 1.82) is 0 Å². The van der Waals surface area contributed by atoms with E-state index in [4.69, 9.17) is 12.2 Å². The lowest BCUT2D eigenvalue weighted by molar-refractivity contribution is -0.120. The maximum absolute atomic E-state index is 13.1. The Kier molecular flexibility index (Phi) is 4.97. The summed E-state index contributed by atoms with van der Waals surface area (Å²) in [6.07, 6.45) is 9.24. The number of allylic oxidation sites excluding steroid dienone is 3. The molecule has 3 heterocycles. The highest BCUT2D eigenvalue weighted by Crippen LogP contribution is 2.19. The molecule has 136 valence electrons. The van der Waals surface area contributed by atoms with Crippen molar-refractivity contribution < 1.29 is 4.79 Å². The fourth-order valence-electron chi connectivity index (χ4n) is 2.94. The molecule has 8 heteroatoms. The number of hydrogen-bond donors (Lipinski definition) is 0. The normalized spacial score (nSPS) is 21.3. The molecule has 1 aromatic rings. The maximum atomic E-state index is 13.1. The summed E-state index contributed by atoms with van der Waals surface area (Å²) >= 11 is 6.69. The van der Waals surface area contributed by atoms with Crippen LogP contribution in [-0.4, -0.2) is 50.9 Å². The second-order valence-electron chi connectivity index (χ2n) is 5.88. The molecule has 0 aromatic carbocycles. The average Bonchev–Trinajstić information content (AvgIpc) is 3.05. The quantitative estimate of drug-likeness (QED) is 0.554. The summed E-state index contributed by atoms with van der Waals surface area (Å²) in [5, 5.41) is 0.449. The first-order valence-electron chi connectivity index (χ1n) is 8.18. The van der Waals surface area contributed by atoms with Gasteiger partial charge in [0.2, 0.25) is 0 Å². The van der Waals surface area contributed by atoms with Gasteiger partial charge in [0.1, 0.15) is 14.9 Å². The molecule has 0 bridgehead atoms. The van der Waals surface area contributed by atoms with E-state index in [9.17, 15) is 9.59 Å². The zero-order chi connectivity index (χ0) is 19.0. The molecule has 3 rings (SSSR count). The molecule has 0 aliphatic carbocycles. The highest BCUT2D eigenvalue weighted by atomic mass is 32.1. The van der Waals surface area contributed by atoms with Gasteiger partial charge < -0.3 is 9.80 Å². The summed E-state index contributed by atoms with van der Waals surface area (Å²) in [4.78, 5) is 31.0. The zero-order valence-corrected chi connectivity index (χ0v) is 16.6. The summed E-state index contributed by atoms with van der Waals surface area (Å²) < 4.78 is 2.78. The Labute approximate surface area is 160 Å². The third-order valence-electron chi connectivity index (χ3n) is 4.30. The van der Waals surface area contributed by atoms with E-state index < -0.39 is 0 Å². The van der Waals surface area contributed by atoms with Gasteiger partial charge in [0.15, 0.2) is 5.11 Å². The molecule has 1 saturated heterocycles. The van der Waals surface area contributed by atoms with Crippen LogP contribution in [0.3, 0.4) is 0 Å². The van der Waals surface area contributed by atoms with Crippen molar-refractivity contribution in [3.63, 3.8) is 0 Å². The van der Waals surface area contributed by atoms with Gasteiger partial charge in [0.05, 0.1) is 5.70 Å². The van der Waals surface area contributed by atoms with Crippen molar-refractivity contribution in [2.75, 3.05) is 20.6 Å². The minimum Gasteiger partial charge on any atom is -0.350 e. The fraction of sp³-hybridized carbons (Fsp3) is 0.278. The number of thiazole rings is 1. The molecule has 0 saturated carbocycles. The molecule has 0 spiro atoms. The van der Waals surface area contributed by atoms with Crippen LogP contribution in [0.1, 0.15) is 6.92 Å². The first kappa shape index (κ1) is 18.3. The average molecular weight is 389 g/mol. The predicted octanol–water partition coefficient (Wildman–Crippen LogP) is 0.406. The van der Waals surface area contributed by atoms with Crippen LogP contribution in [-0.2, 0) is 11.3 Å². The van der Waals surface area contributed by atoms with Crippen molar-refractivity contribution in [2.24, 2.45) is 0 Å². The SMILES string of the molecule is C=CCn1c(=O)/c(=C2/C=CC=CN2C)s/c1=C1/C(=O)N(C)C(=S)N1CC. The third-order valence-corrected chi connectivity index (χ3v) is 5.99. The van der Waals surface area contributed by atoms with E-state index >= 15 is 0 Å². The van der Waals surface area contributed by atoms with Gasteiger partial charge in [-0.25, -0.2) is 0 Å². The van der Waals surface area contributed by atoms with E-state index in [0.29, 0.717) is 33.1 Å². The monoisotopic (exact) mass is 388 g/mol. The number of amides is 1. The number of rotatable bonds is 3. The van der Waals surface area contributed by atoms with E-state index in [1.54, 1.807) is 22.6 Å². The van der Waals surface area contributed by atoms with Crippen LogP contribution < -0.4 is 14.8 Å². The van der Waals surface area contributed by atoms with E-state index in [2.05, 4.69) is 6.58 Å². The Morgan fingerprint density at radius 2 is 2.00 bits per heavy atom. The molecular weight excluding hydrogens is 368 g/mol. The van der Waals surface area contributed by atoms with Gasteiger partial charge in [0, 0.05) is 33.4 Å². The van der Waals surface area contributed by atoms with Gasteiger partial charge in [-0.05, 0) is 31.3 Å². The molecule has 0 radical (unpaired) electrons. The molecule has 6 nitrogen and oxygen atoms in total. The number of likely N-dealkylation sites (N-methyl/N-ethyl adjacent to an activating group) is 3. The van der Waals surface area contributed by atoms with Gasteiger partial charge in [-0.1, -0.05) is 12.2 Å². The molecule has 1 amide bonds. The molecule has 0 N–H and O–H groups in total. The fourth-order valence-corrected chi connectivity index (χ4v) is 4.51. The van der Waals surface area contributed by atoms with Crippen molar-refractivity contribution >= 4 is 46.0 Å². The lowest BCUT2D eigenvalue weighted by Gasteiger charge is -2.16. The van der Waals surface area contributed by atoms with Crippen molar-refractivity contribution in [1.82, 2.24) is 19.3 Å². The van der Waals surface area contributed by atoms with Crippen LogP contribution in [0.2, 0.25) is 0 Å². The van der Waals surface area contributed by atoms with Crippen LogP contribution in [0.15, 0.2) is 41.9 Å². The van der Waals surface area contributed by atoms with Crippen LogP contribution in [0.5, 0.6) is 0 Å². The molecule has 26 heavy (non-hydrogen) atoms. The van der Waals surface area contributed by atoms with E-state index in [1.165, 1.54) is 16.2 Å². The van der Waals surface area contributed by atoms with Crippen LogP contribution in [0.25, 0.3) is 11.4 Å². The number of thiocarbonyl (C=S) groups is 1. The maximum Gasteiger partial charge on any atom is 0.279 e. The minimum absolute atomic E-state index is 0.136. The molecule has 0 atom stereocenters. The number of carbonyl (C=O) groups excluding carboxylic acids is 1. The van der Waals surface area contributed by atoms with E-state index in [-0.39, 0.29) is 11.5 Å². The Morgan fingerprint density at radius 1 is 1.27 bits per heavy atom. The van der Waals surface area contributed by atoms with Crippen molar-refractivity contribution in [3.8, 4) is 0 Å². The predicted molar refractivity (Wildman–Crippen MR) is 109 cm³/mol. The van der Waals surface area contributed by atoms with Crippen LogP contribution in [0.4, 0.5) is 0 Å². The van der Waals surface area contributed by atoms with E-state index in [1.807, 2.05) is 43.3 Å². The van der Waals surface area contributed by atoms with Crippen LogP contribution in [0, 0.1) is 0 Å². The van der Waals surface area contributed by atoms with Crippen molar-refractivity contribution in [2.45, 2.75) is 13.5 Å². The summed E-state index contributed by atoms with van der Waals surface area (Å²) in [6, 6.07) is 0. The zero-order valence-electron chi connectivity index (χ0n) is 14.9. The Balaban J connectivity index is 2.43. The van der Waals surface area contributed by atoms with Gasteiger partial charge in [-0.3, -0.25) is 19.1 Å². The lowest BCUT2D eigenvalue weighted by Crippen LogP contribution is -2.36. The molecule has 1 aromatic heterocycles. The Hall–Kier alpha value is -2.45. The molecule has 2 aliphatic heterocycles. The first-order valence-corrected chi connectivity index (χ1v) is 9.41. The van der Waals surface area contributed by atoms with E-state index in [0.717, 1.165) is 5.70 Å². The van der Waals surface area contributed by atoms with Gasteiger partial charge in [-0.15, -0.1) is 17.9 Å². The van der Waals surface area contributed by atoms with Gasteiger partial charge in [-0.2, -0.15) is 0 Å². The Bertz CT molecular complexity index is 1030. The number of hydrogen-bond acceptors (Lipinski definition) is 5. The highest BCUT2D eigenvalue weighted by molar-refractivity contribution is 7.80. The number of nitrogens with zero attached hydrogens (tertiary/aromatic N) is 4. The van der Waals surface area contributed by atoms with Crippen molar-refractivity contribution in [3.05, 3.63) is 56.6 Å². The standard InChI is InChI=1S/C18H20N4O2S2/c1-5-10-22-16(24)14(12-9-7-8-11-19(12)3)26-17(22)13-15(23)20(4)18(25)21(13)6-2/h5,7-9,11H,1,6,10H2,2-4H3/b14-12+,17-13-. The topological polar surface area (TPSA) is 48.8 Å². The second-order valence-corrected chi connectivity index (χ2v) is 7.24. The second kappa shape index (κ2) is 7.05. The third kappa shape index (κ3) is 2.75. The van der Waals surface area contributed by atoms with Gasteiger partial charge in [0.25, 0.3) is 11.5 Å². The summed E-state index contributed by atoms with van der Waals surface area (Å²) in [5.74, 6) is -0.195.